The van der Waals surface area contributed by atoms with E-state index in [4.69, 9.17) is 28.3 Å². The van der Waals surface area contributed by atoms with Crippen LogP contribution in [0.15, 0.2) is 88.4 Å². The highest BCUT2D eigenvalue weighted by Crippen LogP contribution is 2.40. The van der Waals surface area contributed by atoms with Gasteiger partial charge in [-0.3, -0.25) is 5.01 Å². The van der Waals surface area contributed by atoms with Crippen LogP contribution in [0.25, 0.3) is 10.9 Å². The van der Waals surface area contributed by atoms with E-state index in [1.165, 1.54) is 0 Å². The van der Waals surface area contributed by atoms with Gasteiger partial charge in [0.2, 0.25) is 0 Å². The number of rotatable bonds is 3. The van der Waals surface area contributed by atoms with Gasteiger partial charge in [0, 0.05) is 26.9 Å². The first kappa shape index (κ1) is 19.6. The number of para-hydroxylation sites is 1. The van der Waals surface area contributed by atoms with Gasteiger partial charge in [0.05, 0.1) is 23.0 Å². The molecular weight excluding hydrogens is 481 g/mol. The minimum Gasteiger partial charge on any atom is -0.257 e. The van der Waals surface area contributed by atoms with Gasteiger partial charge in [-0.05, 0) is 54.1 Å². The van der Waals surface area contributed by atoms with Crippen molar-refractivity contribution in [3.63, 3.8) is 0 Å². The Morgan fingerprint density at radius 2 is 1.67 bits per heavy atom. The molecule has 5 rings (SSSR count). The van der Waals surface area contributed by atoms with Crippen molar-refractivity contribution in [3.8, 4) is 0 Å². The van der Waals surface area contributed by atoms with Crippen molar-refractivity contribution in [2.24, 2.45) is 5.10 Å². The van der Waals surface area contributed by atoms with Gasteiger partial charge >= 0.3 is 0 Å². The number of fused-ring (bicyclic) bond motifs is 1. The SMILES string of the molecule is Clc1ccc(C2=NN(c3ccccc3)C(c3cc4cc(Br)ccc4nc3Cl)C2)cc1. The van der Waals surface area contributed by atoms with Gasteiger partial charge in [0.25, 0.3) is 0 Å². The second kappa shape index (κ2) is 8.03. The third-order valence-corrected chi connectivity index (χ3v) is 6.27. The summed E-state index contributed by atoms with van der Waals surface area (Å²) in [6, 6.07) is 26.0. The zero-order valence-corrected chi connectivity index (χ0v) is 18.9. The Labute approximate surface area is 193 Å². The lowest BCUT2D eigenvalue weighted by atomic mass is 9.98. The molecular formula is C24H16BrCl2N3. The first-order valence-electron chi connectivity index (χ1n) is 9.52. The molecule has 1 atom stereocenters. The number of hydrogen-bond donors (Lipinski definition) is 0. The van der Waals surface area contributed by atoms with Gasteiger partial charge < -0.3 is 0 Å². The molecule has 1 aliphatic heterocycles. The van der Waals surface area contributed by atoms with Crippen LogP contribution in [0.1, 0.15) is 23.6 Å². The molecule has 1 aliphatic rings. The lowest BCUT2D eigenvalue weighted by Gasteiger charge is -2.24. The Kier molecular flexibility index (Phi) is 5.23. The summed E-state index contributed by atoms with van der Waals surface area (Å²) in [5.41, 5.74) is 4.88. The molecule has 148 valence electrons. The number of anilines is 1. The quantitative estimate of drug-likeness (QED) is 0.272. The first-order valence-corrected chi connectivity index (χ1v) is 11.1. The second-order valence-electron chi connectivity index (χ2n) is 7.16. The highest BCUT2D eigenvalue weighted by atomic mass is 79.9. The standard InChI is InChI=1S/C24H16BrCl2N3/c25-17-8-11-21-16(12-17)13-20(24(27)28-21)23-14-22(15-6-9-18(26)10-7-15)29-30(23)19-4-2-1-3-5-19/h1-13,23H,14H2. The van der Waals surface area contributed by atoms with Gasteiger partial charge in [-0.2, -0.15) is 5.10 Å². The van der Waals surface area contributed by atoms with Crippen LogP contribution in [0.3, 0.4) is 0 Å². The molecule has 6 heteroatoms. The number of hydrogen-bond acceptors (Lipinski definition) is 3. The van der Waals surface area contributed by atoms with Gasteiger partial charge in [-0.25, -0.2) is 4.98 Å². The molecule has 2 heterocycles. The maximum absolute atomic E-state index is 6.67. The average molecular weight is 497 g/mol. The molecule has 0 fully saturated rings. The summed E-state index contributed by atoms with van der Waals surface area (Å²) in [5.74, 6) is 0. The summed E-state index contributed by atoms with van der Waals surface area (Å²) in [4.78, 5) is 4.65. The van der Waals surface area contributed by atoms with E-state index in [9.17, 15) is 0 Å². The van der Waals surface area contributed by atoms with Crippen LogP contribution in [-0.4, -0.2) is 10.7 Å². The highest BCUT2D eigenvalue weighted by molar-refractivity contribution is 9.10. The molecule has 0 amide bonds. The fourth-order valence-corrected chi connectivity index (χ4v) is 4.54. The van der Waals surface area contributed by atoms with Crippen LogP contribution >= 0.6 is 39.1 Å². The van der Waals surface area contributed by atoms with Crippen molar-refractivity contribution >= 4 is 61.4 Å². The van der Waals surface area contributed by atoms with E-state index < -0.39 is 0 Å². The summed E-state index contributed by atoms with van der Waals surface area (Å²) < 4.78 is 1.01. The first-order chi connectivity index (χ1) is 14.6. The van der Waals surface area contributed by atoms with Crippen molar-refractivity contribution in [3.05, 3.63) is 105 Å². The van der Waals surface area contributed by atoms with Crippen molar-refractivity contribution in [1.29, 1.82) is 0 Å². The van der Waals surface area contributed by atoms with Crippen LogP contribution in [-0.2, 0) is 0 Å². The van der Waals surface area contributed by atoms with E-state index in [1.54, 1.807) is 0 Å². The molecule has 3 nitrogen and oxygen atoms in total. The maximum atomic E-state index is 6.67. The smallest absolute Gasteiger partial charge is 0.135 e. The highest BCUT2D eigenvalue weighted by Gasteiger charge is 2.32. The third kappa shape index (κ3) is 3.71. The van der Waals surface area contributed by atoms with Gasteiger partial charge in [0.1, 0.15) is 5.15 Å². The number of nitrogens with zero attached hydrogens (tertiary/aromatic N) is 3. The predicted molar refractivity (Wildman–Crippen MR) is 129 cm³/mol. The number of pyridine rings is 1. The molecule has 30 heavy (non-hydrogen) atoms. The molecule has 0 saturated carbocycles. The van der Waals surface area contributed by atoms with Crippen LogP contribution in [0.4, 0.5) is 5.69 Å². The molecule has 0 bridgehead atoms. The van der Waals surface area contributed by atoms with Crippen molar-refractivity contribution in [2.75, 3.05) is 5.01 Å². The van der Waals surface area contributed by atoms with Gasteiger partial charge in [-0.15, -0.1) is 0 Å². The lowest BCUT2D eigenvalue weighted by molar-refractivity contribution is 0.707. The Bertz CT molecular complexity index is 1260. The van der Waals surface area contributed by atoms with Crippen molar-refractivity contribution < 1.29 is 0 Å². The third-order valence-electron chi connectivity index (χ3n) is 5.22. The maximum Gasteiger partial charge on any atom is 0.135 e. The molecule has 4 aromatic rings. The van der Waals surface area contributed by atoms with E-state index in [0.29, 0.717) is 10.2 Å². The molecule has 1 aromatic heterocycles. The second-order valence-corrected chi connectivity index (χ2v) is 8.87. The van der Waals surface area contributed by atoms with E-state index >= 15 is 0 Å². The van der Waals surface area contributed by atoms with Crippen LogP contribution in [0, 0.1) is 0 Å². The van der Waals surface area contributed by atoms with Gasteiger partial charge in [-0.1, -0.05) is 69.5 Å². The molecule has 0 spiro atoms. The summed E-state index contributed by atoms with van der Waals surface area (Å²) in [5, 5.41) is 9.26. The molecule has 0 saturated heterocycles. The fourth-order valence-electron chi connectivity index (χ4n) is 3.76. The van der Waals surface area contributed by atoms with E-state index in [1.807, 2.05) is 59.6 Å². The van der Waals surface area contributed by atoms with E-state index in [-0.39, 0.29) is 6.04 Å². The van der Waals surface area contributed by atoms with Crippen LogP contribution in [0.5, 0.6) is 0 Å². The Morgan fingerprint density at radius 1 is 0.900 bits per heavy atom. The molecule has 1 unspecified atom stereocenters. The predicted octanol–water partition coefficient (Wildman–Crippen LogP) is 7.66. The summed E-state index contributed by atoms with van der Waals surface area (Å²) in [7, 11) is 0. The fraction of sp³-hybridized carbons (Fsp3) is 0.0833. The summed E-state index contributed by atoms with van der Waals surface area (Å²) >= 11 is 16.3. The number of hydrazone groups is 1. The molecule has 3 aromatic carbocycles. The van der Waals surface area contributed by atoms with E-state index in [2.05, 4.69) is 45.2 Å². The summed E-state index contributed by atoms with van der Waals surface area (Å²) in [6.45, 7) is 0. The Morgan fingerprint density at radius 3 is 2.43 bits per heavy atom. The topological polar surface area (TPSA) is 28.5 Å². The minimum atomic E-state index is -0.0542. The molecule has 0 aliphatic carbocycles. The summed E-state index contributed by atoms with van der Waals surface area (Å²) in [6.07, 6.45) is 0.720. The normalized spacial score (nSPS) is 16.2. The van der Waals surface area contributed by atoms with Crippen LogP contribution in [0.2, 0.25) is 10.2 Å². The van der Waals surface area contributed by atoms with E-state index in [0.717, 1.165) is 44.3 Å². The zero-order chi connectivity index (χ0) is 20.7. The van der Waals surface area contributed by atoms with Crippen molar-refractivity contribution in [1.82, 2.24) is 4.98 Å². The molecule has 0 radical (unpaired) electrons. The largest absolute Gasteiger partial charge is 0.257 e. The van der Waals surface area contributed by atoms with Crippen LogP contribution < -0.4 is 5.01 Å². The number of halogens is 3. The average Bonchev–Trinajstić information content (AvgIpc) is 3.20. The lowest BCUT2D eigenvalue weighted by Crippen LogP contribution is -2.19. The Hall–Kier alpha value is -2.40. The minimum absolute atomic E-state index is 0.0542. The molecule has 0 N–H and O–H groups in total. The number of benzene rings is 3. The zero-order valence-electron chi connectivity index (χ0n) is 15.8. The van der Waals surface area contributed by atoms with Gasteiger partial charge in [0.15, 0.2) is 0 Å². The number of aromatic nitrogens is 1. The monoisotopic (exact) mass is 495 g/mol. The van der Waals surface area contributed by atoms with Crippen molar-refractivity contribution in [2.45, 2.75) is 12.5 Å². The Balaban J connectivity index is 1.62.